The van der Waals surface area contributed by atoms with Gasteiger partial charge in [-0.1, -0.05) is 0 Å². The molecule has 4 heteroatoms. The third-order valence-corrected chi connectivity index (χ3v) is 2.14. The highest BCUT2D eigenvalue weighted by Gasteiger charge is 2.01. The molecule has 0 spiro atoms. The summed E-state index contributed by atoms with van der Waals surface area (Å²) >= 11 is 0. The van der Waals surface area contributed by atoms with Gasteiger partial charge in [-0.15, -0.1) is 0 Å². The standard InChI is InChI=1S/C10H10N2O2/c1-12-9(13)6-4-7-3-5-8(14-2)11-10(7)12/h3-6H,1-2H3. The number of hydrogen-bond donors (Lipinski definition) is 0. The number of fused-ring (bicyclic) bond motifs is 1. The maximum absolute atomic E-state index is 11.3. The largest absolute Gasteiger partial charge is 0.481 e. The van der Waals surface area contributed by atoms with Crippen molar-refractivity contribution in [2.45, 2.75) is 0 Å². The zero-order chi connectivity index (χ0) is 10.1. The van der Waals surface area contributed by atoms with Gasteiger partial charge in [-0.25, -0.2) is 0 Å². The SMILES string of the molecule is COc1ccc2ccc(=O)n(C)c2n1. The molecule has 0 aliphatic rings. The molecule has 2 rings (SSSR count). The van der Waals surface area contributed by atoms with E-state index >= 15 is 0 Å². The van der Waals surface area contributed by atoms with Crippen LogP contribution in [0, 0.1) is 0 Å². The smallest absolute Gasteiger partial charge is 0.251 e. The van der Waals surface area contributed by atoms with Gasteiger partial charge in [0.15, 0.2) is 0 Å². The summed E-state index contributed by atoms with van der Waals surface area (Å²) in [4.78, 5) is 15.5. The molecule has 2 aromatic heterocycles. The fraction of sp³-hybridized carbons (Fsp3) is 0.200. The minimum absolute atomic E-state index is 0.0711. The first-order valence-corrected chi connectivity index (χ1v) is 4.23. The molecule has 0 aliphatic heterocycles. The second-order valence-corrected chi connectivity index (χ2v) is 3.00. The van der Waals surface area contributed by atoms with E-state index in [4.69, 9.17) is 4.74 Å². The molecule has 14 heavy (non-hydrogen) atoms. The fourth-order valence-corrected chi connectivity index (χ4v) is 1.33. The molecule has 0 amide bonds. The van der Waals surface area contributed by atoms with Gasteiger partial charge in [0.25, 0.3) is 5.56 Å². The number of methoxy groups -OCH3 is 1. The summed E-state index contributed by atoms with van der Waals surface area (Å²) in [6.07, 6.45) is 0. The van der Waals surface area contributed by atoms with Gasteiger partial charge in [0, 0.05) is 24.6 Å². The Bertz CT molecular complexity index is 531. The predicted molar refractivity (Wildman–Crippen MR) is 53.5 cm³/mol. The quantitative estimate of drug-likeness (QED) is 0.672. The number of ether oxygens (including phenoxy) is 1. The van der Waals surface area contributed by atoms with Crippen LogP contribution in [-0.4, -0.2) is 16.7 Å². The lowest BCUT2D eigenvalue weighted by Gasteiger charge is -2.04. The molecule has 72 valence electrons. The van der Waals surface area contributed by atoms with Crippen molar-refractivity contribution in [3.05, 3.63) is 34.6 Å². The molecule has 0 saturated heterocycles. The summed E-state index contributed by atoms with van der Waals surface area (Å²) < 4.78 is 6.49. The molecular formula is C10H10N2O2. The molecule has 4 nitrogen and oxygen atoms in total. The zero-order valence-electron chi connectivity index (χ0n) is 8.02. The van der Waals surface area contributed by atoms with Crippen molar-refractivity contribution in [2.24, 2.45) is 7.05 Å². The van der Waals surface area contributed by atoms with Crippen LogP contribution in [0.3, 0.4) is 0 Å². The van der Waals surface area contributed by atoms with E-state index in [1.165, 1.54) is 10.6 Å². The van der Waals surface area contributed by atoms with E-state index in [2.05, 4.69) is 4.98 Å². The zero-order valence-corrected chi connectivity index (χ0v) is 8.02. The Labute approximate surface area is 80.8 Å². The van der Waals surface area contributed by atoms with E-state index in [0.717, 1.165) is 5.39 Å². The van der Waals surface area contributed by atoms with Crippen LogP contribution in [0.15, 0.2) is 29.1 Å². The Hall–Kier alpha value is -1.84. The molecular weight excluding hydrogens is 180 g/mol. The lowest BCUT2D eigenvalue weighted by molar-refractivity contribution is 0.399. The highest BCUT2D eigenvalue weighted by molar-refractivity contribution is 5.75. The molecule has 0 aliphatic carbocycles. The van der Waals surface area contributed by atoms with Gasteiger partial charge in [-0.3, -0.25) is 9.36 Å². The number of nitrogens with zero attached hydrogens (tertiary/aromatic N) is 2. The molecule has 0 unspecified atom stereocenters. The summed E-state index contributed by atoms with van der Waals surface area (Å²) in [5, 5.41) is 0.924. The van der Waals surface area contributed by atoms with Crippen LogP contribution in [-0.2, 0) is 7.05 Å². The number of hydrogen-bond acceptors (Lipinski definition) is 3. The van der Waals surface area contributed by atoms with Crippen LogP contribution >= 0.6 is 0 Å². The van der Waals surface area contributed by atoms with Gasteiger partial charge in [-0.05, 0) is 12.1 Å². The van der Waals surface area contributed by atoms with Gasteiger partial charge in [0.05, 0.1) is 7.11 Å². The monoisotopic (exact) mass is 190 g/mol. The average Bonchev–Trinajstić information content (AvgIpc) is 2.23. The van der Waals surface area contributed by atoms with Gasteiger partial charge >= 0.3 is 0 Å². The summed E-state index contributed by atoms with van der Waals surface area (Å²) in [7, 11) is 3.24. The Balaban J connectivity index is 2.84. The van der Waals surface area contributed by atoms with Gasteiger partial charge in [-0.2, -0.15) is 4.98 Å². The summed E-state index contributed by atoms with van der Waals surface area (Å²) in [5.74, 6) is 0.513. The molecule has 0 aromatic carbocycles. The van der Waals surface area contributed by atoms with Crippen molar-refractivity contribution in [2.75, 3.05) is 7.11 Å². The lowest BCUT2D eigenvalue weighted by atomic mass is 10.3. The van der Waals surface area contributed by atoms with Crippen molar-refractivity contribution in [3.63, 3.8) is 0 Å². The Morgan fingerprint density at radius 1 is 1.29 bits per heavy atom. The Morgan fingerprint density at radius 3 is 2.71 bits per heavy atom. The number of pyridine rings is 2. The lowest BCUT2D eigenvalue weighted by Crippen LogP contribution is -2.16. The molecule has 2 aromatic rings. The summed E-state index contributed by atoms with van der Waals surface area (Å²) in [6.45, 7) is 0. The summed E-state index contributed by atoms with van der Waals surface area (Å²) in [6, 6.07) is 6.92. The third-order valence-electron chi connectivity index (χ3n) is 2.14. The van der Waals surface area contributed by atoms with Crippen molar-refractivity contribution < 1.29 is 4.74 Å². The average molecular weight is 190 g/mol. The summed E-state index contributed by atoms with van der Waals surface area (Å²) in [5.41, 5.74) is 0.565. The highest BCUT2D eigenvalue weighted by Crippen LogP contribution is 2.13. The van der Waals surface area contributed by atoms with E-state index in [1.807, 2.05) is 6.07 Å². The first-order valence-electron chi connectivity index (χ1n) is 4.23. The van der Waals surface area contributed by atoms with E-state index in [1.54, 1.807) is 26.3 Å². The van der Waals surface area contributed by atoms with Crippen LogP contribution in [0.2, 0.25) is 0 Å². The van der Waals surface area contributed by atoms with Gasteiger partial charge < -0.3 is 4.74 Å². The minimum atomic E-state index is -0.0711. The predicted octanol–water partition coefficient (Wildman–Crippen LogP) is 0.942. The van der Waals surface area contributed by atoms with Crippen LogP contribution < -0.4 is 10.3 Å². The fourth-order valence-electron chi connectivity index (χ4n) is 1.33. The molecule has 0 atom stereocenters. The topological polar surface area (TPSA) is 44.1 Å². The Morgan fingerprint density at radius 2 is 2.00 bits per heavy atom. The number of aromatic nitrogens is 2. The van der Waals surface area contributed by atoms with Crippen molar-refractivity contribution in [1.29, 1.82) is 0 Å². The first kappa shape index (κ1) is 8.74. The van der Waals surface area contributed by atoms with E-state index in [9.17, 15) is 4.79 Å². The minimum Gasteiger partial charge on any atom is -0.481 e. The van der Waals surface area contributed by atoms with E-state index < -0.39 is 0 Å². The Kier molecular flexibility index (Phi) is 1.96. The van der Waals surface area contributed by atoms with Crippen molar-refractivity contribution in [3.8, 4) is 5.88 Å². The van der Waals surface area contributed by atoms with Crippen molar-refractivity contribution in [1.82, 2.24) is 9.55 Å². The van der Waals surface area contributed by atoms with E-state index in [-0.39, 0.29) is 5.56 Å². The molecule has 0 saturated carbocycles. The van der Waals surface area contributed by atoms with E-state index in [0.29, 0.717) is 11.5 Å². The van der Waals surface area contributed by atoms with Crippen LogP contribution in [0.25, 0.3) is 11.0 Å². The second-order valence-electron chi connectivity index (χ2n) is 3.00. The maximum atomic E-state index is 11.3. The molecule has 0 radical (unpaired) electrons. The number of aryl methyl sites for hydroxylation is 1. The van der Waals surface area contributed by atoms with Crippen LogP contribution in [0.5, 0.6) is 5.88 Å². The second kappa shape index (κ2) is 3.14. The maximum Gasteiger partial charge on any atom is 0.251 e. The number of rotatable bonds is 1. The highest BCUT2D eigenvalue weighted by atomic mass is 16.5. The van der Waals surface area contributed by atoms with Gasteiger partial charge in [0.2, 0.25) is 5.88 Å². The van der Waals surface area contributed by atoms with Crippen LogP contribution in [0.4, 0.5) is 0 Å². The van der Waals surface area contributed by atoms with Crippen LogP contribution in [0.1, 0.15) is 0 Å². The van der Waals surface area contributed by atoms with Crippen molar-refractivity contribution >= 4 is 11.0 Å². The molecule has 0 bridgehead atoms. The normalized spacial score (nSPS) is 10.4. The molecule has 2 heterocycles. The molecule has 0 fully saturated rings. The van der Waals surface area contributed by atoms with Gasteiger partial charge in [0.1, 0.15) is 5.65 Å². The third kappa shape index (κ3) is 1.25. The first-order chi connectivity index (χ1) is 6.72. The molecule has 0 N–H and O–H groups in total.